The maximum absolute atomic E-state index is 5.06. The molecule has 1 aliphatic heterocycles. The van der Waals surface area contributed by atoms with Crippen LogP contribution in [0.1, 0.15) is 31.9 Å². The van der Waals surface area contributed by atoms with Crippen molar-refractivity contribution >= 4 is 23.2 Å². The molecule has 0 atom stereocenters. The SMILES string of the molecule is COc1ccc(N=Cc2ccc3c(c2)C(C)=CC(C)(C)N3C)cn1. The second kappa shape index (κ2) is 6.11. The Bertz CT molecular complexity index is 804. The number of fused-ring (bicyclic) bond motifs is 1. The summed E-state index contributed by atoms with van der Waals surface area (Å²) >= 11 is 0. The number of benzene rings is 1. The molecule has 0 unspecified atom stereocenters. The Kier molecular flexibility index (Phi) is 4.14. The van der Waals surface area contributed by atoms with E-state index in [2.05, 4.69) is 67.0 Å². The molecular formula is C20H23N3O. The molecule has 1 aliphatic rings. The Morgan fingerprint density at radius 3 is 2.67 bits per heavy atom. The first-order valence-electron chi connectivity index (χ1n) is 8.02. The van der Waals surface area contributed by atoms with E-state index in [1.54, 1.807) is 13.3 Å². The van der Waals surface area contributed by atoms with Crippen LogP contribution in [0.2, 0.25) is 0 Å². The van der Waals surface area contributed by atoms with Crippen LogP contribution in [0.15, 0.2) is 47.6 Å². The third-order valence-corrected chi connectivity index (χ3v) is 4.53. The highest BCUT2D eigenvalue weighted by Gasteiger charge is 2.28. The van der Waals surface area contributed by atoms with Crippen molar-refractivity contribution in [2.24, 2.45) is 4.99 Å². The van der Waals surface area contributed by atoms with Crippen LogP contribution >= 0.6 is 0 Å². The van der Waals surface area contributed by atoms with E-state index in [9.17, 15) is 0 Å². The standard InChI is InChI=1S/C20H23N3O/c1-14-11-20(2,3)23(4)18-8-6-15(10-17(14)18)12-21-16-7-9-19(24-5)22-13-16/h6-13H,1-5H3. The normalized spacial score (nSPS) is 16.0. The van der Waals surface area contributed by atoms with Gasteiger partial charge in [0.2, 0.25) is 5.88 Å². The lowest BCUT2D eigenvalue weighted by molar-refractivity contribution is 0.398. The van der Waals surface area contributed by atoms with Crippen molar-refractivity contribution in [3.63, 3.8) is 0 Å². The molecule has 0 saturated carbocycles. The van der Waals surface area contributed by atoms with Gasteiger partial charge in [0.05, 0.1) is 24.5 Å². The molecule has 0 bridgehead atoms. The number of aliphatic imine (C=N–C) groups is 1. The van der Waals surface area contributed by atoms with Gasteiger partial charge in [0.25, 0.3) is 0 Å². The summed E-state index contributed by atoms with van der Waals surface area (Å²) in [7, 11) is 3.74. The first kappa shape index (κ1) is 16.2. The molecule has 0 amide bonds. The lowest BCUT2D eigenvalue weighted by atomic mass is 9.89. The summed E-state index contributed by atoms with van der Waals surface area (Å²) in [5, 5.41) is 0. The maximum atomic E-state index is 5.06. The number of likely N-dealkylation sites (N-methyl/N-ethyl adjacent to an activating group) is 1. The zero-order valence-electron chi connectivity index (χ0n) is 14.9. The average Bonchev–Trinajstić information content (AvgIpc) is 2.58. The van der Waals surface area contributed by atoms with E-state index >= 15 is 0 Å². The zero-order valence-corrected chi connectivity index (χ0v) is 14.9. The summed E-state index contributed by atoms with van der Waals surface area (Å²) in [6.07, 6.45) is 5.88. The zero-order chi connectivity index (χ0) is 17.3. The van der Waals surface area contributed by atoms with Crippen molar-refractivity contribution in [3.05, 3.63) is 53.7 Å². The van der Waals surface area contributed by atoms with Gasteiger partial charge in [-0.15, -0.1) is 0 Å². The van der Waals surface area contributed by atoms with Gasteiger partial charge in [-0.1, -0.05) is 12.1 Å². The maximum Gasteiger partial charge on any atom is 0.213 e. The van der Waals surface area contributed by atoms with E-state index in [0.29, 0.717) is 5.88 Å². The van der Waals surface area contributed by atoms with Gasteiger partial charge in [0, 0.05) is 30.6 Å². The molecule has 124 valence electrons. The molecule has 0 spiro atoms. The Morgan fingerprint density at radius 2 is 2.00 bits per heavy atom. The highest BCUT2D eigenvalue weighted by molar-refractivity contribution is 5.88. The van der Waals surface area contributed by atoms with Gasteiger partial charge in [-0.2, -0.15) is 0 Å². The van der Waals surface area contributed by atoms with Crippen molar-refractivity contribution in [1.82, 2.24) is 4.98 Å². The van der Waals surface area contributed by atoms with Gasteiger partial charge < -0.3 is 9.64 Å². The first-order chi connectivity index (χ1) is 11.4. The van der Waals surface area contributed by atoms with Gasteiger partial charge in [-0.25, -0.2) is 4.98 Å². The molecule has 0 saturated heterocycles. The van der Waals surface area contributed by atoms with E-state index in [1.807, 2.05) is 18.3 Å². The van der Waals surface area contributed by atoms with Crippen LogP contribution in [0.3, 0.4) is 0 Å². The molecule has 0 fully saturated rings. The second-order valence-electron chi connectivity index (χ2n) is 6.63. The summed E-state index contributed by atoms with van der Waals surface area (Å²) in [4.78, 5) is 11.0. The number of ether oxygens (including phenoxy) is 1. The van der Waals surface area contributed by atoms with E-state index < -0.39 is 0 Å². The molecule has 4 heteroatoms. The average molecular weight is 321 g/mol. The van der Waals surface area contributed by atoms with Gasteiger partial charge >= 0.3 is 0 Å². The van der Waals surface area contributed by atoms with Crippen molar-refractivity contribution in [1.29, 1.82) is 0 Å². The minimum atomic E-state index is 0.0292. The van der Waals surface area contributed by atoms with E-state index in [1.165, 1.54) is 16.8 Å². The molecule has 24 heavy (non-hydrogen) atoms. The number of methoxy groups -OCH3 is 1. The largest absolute Gasteiger partial charge is 0.481 e. The predicted octanol–water partition coefficient (Wildman–Crippen LogP) is 4.47. The number of hydrogen-bond donors (Lipinski definition) is 0. The molecule has 0 radical (unpaired) electrons. The van der Waals surface area contributed by atoms with Gasteiger partial charge in [0.1, 0.15) is 0 Å². The van der Waals surface area contributed by atoms with Crippen LogP contribution in [0.5, 0.6) is 5.88 Å². The molecule has 4 nitrogen and oxygen atoms in total. The van der Waals surface area contributed by atoms with Crippen LogP contribution < -0.4 is 9.64 Å². The third-order valence-electron chi connectivity index (χ3n) is 4.53. The number of hydrogen-bond acceptors (Lipinski definition) is 4. The van der Waals surface area contributed by atoms with Crippen LogP contribution in [0.25, 0.3) is 5.57 Å². The second-order valence-corrected chi connectivity index (χ2v) is 6.63. The predicted molar refractivity (Wildman–Crippen MR) is 101 cm³/mol. The monoisotopic (exact) mass is 321 g/mol. The van der Waals surface area contributed by atoms with E-state index in [4.69, 9.17) is 4.74 Å². The number of pyridine rings is 1. The van der Waals surface area contributed by atoms with Crippen molar-refractivity contribution < 1.29 is 4.74 Å². The summed E-state index contributed by atoms with van der Waals surface area (Å²) in [5.41, 5.74) is 5.72. The van der Waals surface area contributed by atoms with Crippen molar-refractivity contribution in [2.75, 3.05) is 19.1 Å². The Hall–Kier alpha value is -2.62. The minimum Gasteiger partial charge on any atom is -0.481 e. The van der Waals surface area contributed by atoms with Crippen LogP contribution in [-0.4, -0.2) is 30.9 Å². The summed E-state index contributed by atoms with van der Waals surface area (Å²) in [6, 6.07) is 10.2. The highest BCUT2D eigenvalue weighted by Crippen LogP contribution is 2.37. The van der Waals surface area contributed by atoms with Gasteiger partial charge in [-0.05, 0) is 50.1 Å². The smallest absolute Gasteiger partial charge is 0.213 e. The topological polar surface area (TPSA) is 37.7 Å². The molecule has 1 aromatic carbocycles. The Labute approximate surface area is 143 Å². The number of anilines is 1. The third kappa shape index (κ3) is 3.04. The fourth-order valence-corrected chi connectivity index (χ4v) is 2.98. The summed E-state index contributed by atoms with van der Waals surface area (Å²) in [6.45, 7) is 6.62. The van der Waals surface area contributed by atoms with E-state index in [0.717, 1.165) is 11.3 Å². The lowest BCUT2D eigenvalue weighted by Crippen LogP contribution is -2.42. The first-order valence-corrected chi connectivity index (χ1v) is 8.02. The number of rotatable bonds is 3. The quantitative estimate of drug-likeness (QED) is 0.783. The molecule has 0 aliphatic carbocycles. The number of allylic oxidation sites excluding steroid dienone is 1. The summed E-state index contributed by atoms with van der Waals surface area (Å²) in [5.74, 6) is 0.592. The van der Waals surface area contributed by atoms with Gasteiger partial charge in [0.15, 0.2) is 0 Å². The molecular weight excluding hydrogens is 298 g/mol. The summed E-state index contributed by atoms with van der Waals surface area (Å²) < 4.78 is 5.06. The molecule has 3 rings (SSSR count). The molecule has 1 aromatic heterocycles. The Morgan fingerprint density at radius 1 is 1.21 bits per heavy atom. The van der Waals surface area contributed by atoms with E-state index in [-0.39, 0.29) is 5.54 Å². The fraction of sp³-hybridized carbons (Fsp3) is 0.300. The lowest BCUT2D eigenvalue weighted by Gasteiger charge is -2.40. The minimum absolute atomic E-state index is 0.0292. The Balaban J connectivity index is 1.89. The van der Waals surface area contributed by atoms with Crippen molar-refractivity contribution in [2.45, 2.75) is 26.3 Å². The number of aromatic nitrogens is 1. The van der Waals surface area contributed by atoms with Crippen LogP contribution in [0.4, 0.5) is 11.4 Å². The fourth-order valence-electron chi connectivity index (χ4n) is 2.98. The number of nitrogens with zero attached hydrogens (tertiary/aromatic N) is 3. The van der Waals surface area contributed by atoms with Crippen molar-refractivity contribution in [3.8, 4) is 5.88 Å². The highest BCUT2D eigenvalue weighted by atomic mass is 16.5. The van der Waals surface area contributed by atoms with Crippen LogP contribution in [-0.2, 0) is 0 Å². The molecule has 2 heterocycles. The van der Waals surface area contributed by atoms with Crippen LogP contribution in [0, 0.1) is 0 Å². The molecule has 0 N–H and O–H groups in total. The van der Waals surface area contributed by atoms with Gasteiger partial charge in [-0.3, -0.25) is 4.99 Å². The molecule has 2 aromatic rings.